The van der Waals surface area contributed by atoms with Crippen molar-refractivity contribution in [2.45, 2.75) is 75.5 Å². The SMILES string of the molecule is CN(CC(C)(C)O)c1nc(-c2noc3c2CCCC32CCCc3sc(N)c(C#N)c32)nc2c1cnn2C1COCC1N(C)C. The van der Waals surface area contributed by atoms with Crippen LogP contribution in [0.4, 0.5) is 10.8 Å². The first-order valence-corrected chi connectivity index (χ1v) is 16.1. The van der Waals surface area contributed by atoms with Crippen LogP contribution >= 0.6 is 11.3 Å². The highest BCUT2D eigenvalue weighted by Gasteiger charge is 2.49. The number of hydrogen-bond acceptors (Lipinski definition) is 12. The minimum absolute atomic E-state index is 0.0266. The zero-order valence-corrected chi connectivity index (χ0v) is 26.7. The highest BCUT2D eigenvalue weighted by molar-refractivity contribution is 7.16. The number of nitrogen functional groups attached to an aromatic ring is 1. The number of hydrogen-bond donors (Lipinski definition) is 2. The van der Waals surface area contributed by atoms with Gasteiger partial charge in [0.25, 0.3) is 0 Å². The number of aryl methyl sites for hydroxylation is 1. The normalized spacial score (nSPS) is 23.3. The van der Waals surface area contributed by atoms with Gasteiger partial charge in [-0.1, -0.05) is 5.16 Å². The average Bonchev–Trinajstić information content (AvgIpc) is 3.75. The summed E-state index contributed by atoms with van der Waals surface area (Å²) in [6, 6.07) is 2.51. The van der Waals surface area contributed by atoms with E-state index in [4.69, 9.17) is 30.1 Å². The van der Waals surface area contributed by atoms with Gasteiger partial charge in [0.05, 0.1) is 53.5 Å². The Bertz CT molecular complexity index is 1770. The molecule has 3 aliphatic rings. The van der Waals surface area contributed by atoms with E-state index in [-0.39, 0.29) is 12.1 Å². The van der Waals surface area contributed by atoms with Gasteiger partial charge in [-0.2, -0.15) is 10.4 Å². The van der Waals surface area contributed by atoms with E-state index in [1.54, 1.807) is 13.8 Å². The number of fused-ring (bicyclic) bond motifs is 5. The van der Waals surface area contributed by atoms with Crippen LogP contribution in [0.25, 0.3) is 22.6 Å². The molecule has 3 atom stereocenters. The molecule has 0 saturated carbocycles. The fraction of sp³-hybridized carbons (Fsp3) is 0.581. The predicted octanol–water partition coefficient (Wildman–Crippen LogP) is 3.66. The maximum Gasteiger partial charge on any atom is 0.186 e. The molecular weight excluding hydrogens is 578 g/mol. The van der Waals surface area contributed by atoms with Crippen molar-refractivity contribution in [2.24, 2.45) is 0 Å². The quantitative estimate of drug-likeness (QED) is 0.326. The number of ether oxygens (including phenoxy) is 1. The lowest BCUT2D eigenvalue weighted by Gasteiger charge is -2.39. The molecule has 4 aromatic rings. The molecule has 1 saturated heterocycles. The maximum atomic E-state index is 10.7. The molecule has 0 radical (unpaired) electrons. The molecule has 2 aliphatic carbocycles. The van der Waals surface area contributed by atoms with Crippen molar-refractivity contribution in [3.63, 3.8) is 0 Å². The van der Waals surface area contributed by atoms with Crippen LogP contribution in [0.15, 0.2) is 10.7 Å². The molecule has 4 aromatic heterocycles. The second kappa shape index (κ2) is 10.5. The summed E-state index contributed by atoms with van der Waals surface area (Å²) in [5, 5.41) is 31.6. The molecule has 0 bridgehead atoms. The van der Waals surface area contributed by atoms with Gasteiger partial charge in [0.1, 0.15) is 16.9 Å². The van der Waals surface area contributed by atoms with Crippen LogP contribution < -0.4 is 10.6 Å². The second-order valence-corrected chi connectivity index (χ2v) is 14.5. The molecule has 3 N–H and O–H groups in total. The van der Waals surface area contributed by atoms with Crippen molar-refractivity contribution in [1.29, 1.82) is 5.26 Å². The van der Waals surface area contributed by atoms with Crippen molar-refractivity contribution in [3.8, 4) is 17.6 Å². The monoisotopic (exact) mass is 617 g/mol. The van der Waals surface area contributed by atoms with Gasteiger partial charge in [0.15, 0.2) is 22.9 Å². The molecule has 13 heteroatoms. The van der Waals surface area contributed by atoms with Gasteiger partial charge in [-0.15, -0.1) is 11.3 Å². The van der Waals surface area contributed by atoms with Crippen LogP contribution in [-0.2, 0) is 23.0 Å². The number of anilines is 2. The first-order chi connectivity index (χ1) is 21.0. The largest absolute Gasteiger partial charge is 0.389 e. The summed E-state index contributed by atoms with van der Waals surface area (Å²) < 4.78 is 14.1. The van der Waals surface area contributed by atoms with Crippen LogP contribution in [0.3, 0.4) is 0 Å². The molecule has 1 fully saturated rings. The van der Waals surface area contributed by atoms with E-state index in [9.17, 15) is 10.4 Å². The number of likely N-dealkylation sites (N-methyl/N-ethyl adjacent to an activating group) is 2. The summed E-state index contributed by atoms with van der Waals surface area (Å²) in [5.74, 6) is 1.94. The molecule has 44 heavy (non-hydrogen) atoms. The highest BCUT2D eigenvalue weighted by Crippen LogP contribution is 2.55. The lowest BCUT2D eigenvalue weighted by atomic mass is 9.63. The summed E-state index contributed by atoms with van der Waals surface area (Å²) in [6.45, 7) is 5.06. The van der Waals surface area contributed by atoms with Crippen LogP contribution in [0.2, 0.25) is 0 Å². The third kappa shape index (κ3) is 4.50. The van der Waals surface area contributed by atoms with Gasteiger partial charge in [-0.05, 0) is 72.0 Å². The van der Waals surface area contributed by atoms with E-state index in [1.807, 2.05) is 36.9 Å². The first-order valence-electron chi connectivity index (χ1n) is 15.3. The Morgan fingerprint density at radius 1 is 1.20 bits per heavy atom. The van der Waals surface area contributed by atoms with Gasteiger partial charge >= 0.3 is 0 Å². The summed E-state index contributed by atoms with van der Waals surface area (Å²) in [4.78, 5) is 15.5. The molecular formula is C31H39N9O3S. The zero-order chi connectivity index (χ0) is 31.0. The topological polar surface area (TPSA) is 155 Å². The lowest BCUT2D eigenvalue weighted by molar-refractivity contribution is 0.0885. The van der Waals surface area contributed by atoms with E-state index in [0.29, 0.717) is 53.3 Å². The Kier molecular flexibility index (Phi) is 6.97. The summed E-state index contributed by atoms with van der Waals surface area (Å²) in [6.07, 6.45) is 7.19. The standard InChI is InChI=1S/C31H39N9O3S/c1-30(2,41)16-39(5)28-19-13-34-40(21-15-42-14-20(21)38(3)4)29(19)36-27(35-28)24-17-8-6-10-31(25(17)43-37-24)11-7-9-22-23(31)18(12-32)26(33)44-22/h13,20-21,41H,6-11,14-16,33H2,1-5H3. The Hall–Kier alpha value is -3.57. The highest BCUT2D eigenvalue weighted by atomic mass is 32.1. The summed E-state index contributed by atoms with van der Waals surface area (Å²) in [7, 11) is 6.02. The molecule has 7 rings (SSSR count). The molecule has 0 amide bonds. The predicted molar refractivity (Wildman–Crippen MR) is 168 cm³/mol. The minimum Gasteiger partial charge on any atom is -0.389 e. The van der Waals surface area contributed by atoms with E-state index >= 15 is 0 Å². The van der Waals surface area contributed by atoms with E-state index < -0.39 is 11.0 Å². The van der Waals surface area contributed by atoms with Gasteiger partial charge in [0, 0.05) is 24.0 Å². The molecule has 0 aromatic carbocycles. The number of rotatable bonds is 6. The third-order valence-corrected chi connectivity index (χ3v) is 10.6. The molecule has 5 heterocycles. The number of nitriles is 1. The molecule has 3 unspecified atom stereocenters. The lowest BCUT2D eigenvalue weighted by Crippen LogP contribution is -2.37. The van der Waals surface area contributed by atoms with Gasteiger partial charge in [-0.25, -0.2) is 14.6 Å². The van der Waals surface area contributed by atoms with Gasteiger partial charge < -0.3 is 29.9 Å². The van der Waals surface area contributed by atoms with Gasteiger partial charge in [-0.3, -0.25) is 0 Å². The molecule has 1 spiro atoms. The minimum atomic E-state index is -0.948. The number of aromatic nitrogens is 5. The summed E-state index contributed by atoms with van der Waals surface area (Å²) >= 11 is 1.53. The number of aliphatic hydroxyl groups is 1. The van der Waals surface area contributed by atoms with Crippen molar-refractivity contribution < 1.29 is 14.4 Å². The number of nitrogens with two attached hydrogens (primary N) is 1. The van der Waals surface area contributed by atoms with Crippen molar-refractivity contribution in [2.75, 3.05) is 51.5 Å². The van der Waals surface area contributed by atoms with E-state index in [2.05, 4.69) is 16.1 Å². The van der Waals surface area contributed by atoms with Crippen molar-refractivity contribution in [3.05, 3.63) is 33.5 Å². The Balaban J connectivity index is 1.41. The van der Waals surface area contributed by atoms with Crippen LogP contribution in [-0.4, -0.2) is 87.5 Å². The molecule has 12 nitrogen and oxygen atoms in total. The molecule has 232 valence electrons. The second-order valence-electron chi connectivity index (χ2n) is 13.4. The fourth-order valence-electron chi connectivity index (χ4n) is 7.68. The van der Waals surface area contributed by atoms with E-state index in [1.165, 1.54) is 16.2 Å². The maximum absolute atomic E-state index is 10.7. The van der Waals surface area contributed by atoms with Crippen LogP contribution in [0.1, 0.15) is 72.9 Å². The van der Waals surface area contributed by atoms with Crippen molar-refractivity contribution >= 4 is 33.2 Å². The smallest absolute Gasteiger partial charge is 0.186 e. The van der Waals surface area contributed by atoms with E-state index in [0.717, 1.165) is 60.8 Å². The van der Waals surface area contributed by atoms with Crippen molar-refractivity contribution in [1.82, 2.24) is 29.8 Å². The average molecular weight is 618 g/mol. The zero-order valence-electron chi connectivity index (χ0n) is 25.9. The van der Waals surface area contributed by atoms with Crippen LogP contribution in [0, 0.1) is 11.3 Å². The summed E-state index contributed by atoms with van der Waals surface area (Å²) in [5.41, 5.74) is 8.89. The first kappa shape index (κ1) is 29.2. The van der Waals surface area contributed by atoms with Crippen LogP contribution in [0.5, 0.6) is 0 Å². The number of thiophene rings is 1. The van der Waals surface area contributed by atoms with Gasteiger partial charge in [0.2, 0.25) is 0 Å². The Labute approximate surface area is 260 Å². The Morgan fingerprint density at radius 3 is 2.70 bits per heavy atom. The number of nitrogens with zero attached hydrogens (tertiary/aromatic N) is 8. The fourth-order valence-corrected chi connectivity index (χ4v) is 8.84. The molecule has 1 aliphatic heterocycles. The third-order valence-electron chi connectivity index (χ3n) is 9.49. The Morgan fingerprint density at radius 2 is 1.98 bits per heavy atom.